The van der Waals surface area contributed by atoms with E-state index in [9.17, 15) is 13.6 Å². The first-order chi connectivity index (χ1) is 11.1. The number of halogens is 2. The van der Waals surface area contributed by atoms with Crippen molar-refractivity contribution in [3.05, 3.63) is 36.1 Å². The molecule has 23 heavy (non-hydrogen) atoms. The highest BCUT2D eigenvalue weighted by atomic mass is 19.3. The summed E-state index contributed by atoms with van der Waals surface area (Å²) in [6.45, 7) is -1.99. The summed E-state index contributed by atoms with van der Waals surface area (Å²) >= 11 is 0. The molecule has 1 atom stereocenters. The zero-order valence-corrected chi connectivity index (χ0v) is 11.8. The largest absolute Gasteiger partial charge is 0.417 e. The smallest absolute Gasteiger partial charge is 0.388 e. The minimum absolute atomic E-state index is 0.247. The third kappa shape index (κ3) is 3.59. The van der Waals surface area contributed by atoms with Crippen molar-refractivity contribution in [3.8, 4) is 5.88 Å². The van der Waals surface area contributed by atoms with Gasteiger partial charge in [-0.3, -0.25) is 4.79 Å². The van der Waals surface area contributed by atoms with Gasteiger partial charge in [-0.25, -0.2) is 4.98 Å². The lowest BCUT2D eigenvalue weighted by atomic mass is 10.2. The van der Waals surface area contributed by atoms with Crippen LogP contribution in [-0.2, 0) is 4.74 Å². The van der Waals surface area contributed by atoms with Gasteiger partial charge in [0.2, 0.25) is 18.1 Å². The minimum Gasteiger partial charge on any atom is -0.417 e. The van der Waals surface area contributed by atoms with Crippen molar-refractivity contribution >= 4 is 5.91 Å². The van der Waals surface area contributed by atoms with Crippen LogP contribution in [0.5, 0.6) is 5.88 Å². The second kappa shape index (κ2) is 6.65. The number of carbonyl (C=O) groups excluding carboxylic acids is 1. The van der Waals surface area contributed by atoms with Crippen molar-refractivity contribution in [1.82, 2.24) is 20.0 Å². The summed E-state index contributed by atoms with van der Waals surface area (Å²) in [7, 11) is 0. The van der Waals surface area contributed by atoms with Crippen molar-refractivity contribution in [3.63, 3.8) is 0 Å². The van der Waals surface area contributed by atoms with E-state index in [-0.39, 0.29) is 23.9 Å². The summed E-state index contributed by atoms with van der Waals surface area (Å²) in [6, 6.07) is 2.60. The molecule has 0 radical (unpaired) electrons. The molecule has 0 spiro atoms. The van der Waals surface area contributed by atoms with Crippen LogP contribution in [0, 0.1) is 0 Å². The maximum absolute atomic E-state index is 12.4. The minimum atomic E-state index is -2.96. The van der Waals surface area contributed by atoms with Gasteiger partial charge in [0.25, 0.3) is 5.91 Å². The molecule has 2 aromatic heterocycles. The molecule has 1 saturated heterocycles. The van der Waals surface area contributed by atoms with E-state index in [4.69, 9.17) is 4.74 Å². The first kappa shape index (κ1) is 15.3. The molecule has 0 N–H and O–H groups in total. The van der Waals surface area contributed by atoms with Gasteiger partial charge in [-0.1, -0.05) is 5.16 Å². The Hall–Kier alpha value is -2.62. The van der Waals surface area contributed by atoms with Gasteiger partial charge in [-0.15, -0.1) is 0 Å². The second-order valence-corrected chi connectivity index (χ2v) is 4.66. The Kier molecular flexibility index (Phi) is 4.42. The molecule has 1 amide bonds. The number of nitrogens with zero attached hydrogens (tertiary/aromatic N) is 4. The number of morpholine rings is 1. The summed E-state index contributed by atoms with van der Waals surface area (Å²) in [6.07, 6.45) is 1.91. The number of pyridine rings is 1. The Morgan fingerprint density at radius 1 is 1.39 bits per heavy atom. The van der Waals surface area contributed by atoms with Crippen LogP contribution in [-0.4, -0.2) is 52.2 Å². The molecule has 2 aromatic rings. The van der Waals surface area contributed by atoms with Gasteiger partial charge in [0, 0.05) is 18.8 Å². The standard InChI is InChI=1S/C13H12F2N4O4/c14-13(15)23-10-2-1-8(5-16-10)12(20)19-3-4-21-9(6-19)11-17-7-22-18-11/h1-2,5,7,9,13H,3-4,6H2/t9-/m0/s1. The Morgan fingerprint density at radius 3 is 2.91 bits per heavy atom. The van der Waals surface area contributed by atoms with Crippen LogP contribution in [0.25, 0.3) is 0 Å². The van der Waals surface area contributed by atoms with Crippen LogP contribution in [0.2, 0.25) is 0 Å². The van der Waals surface area contributed by atoms with Crippen molar-refractivity contribution in [1.29, 1.82) is 0 Å². The van der Waals surface area contributed by atoms with Gasteiger partial charge in [0.05, 0.1) is 18.7 Å². The molecule has 0 aliphatic carbocycles. The maximum atomic E-state index is 12.4. The number of rotatable bonds is 4. The molecule has 1 aliphatic heterocycles. The summed E-state index contributed by atoms with van der Waals surface area (Å²) in [5.41, 5.74) is 0.264. The van der Waals surface area contributed by atoms with Gasteiger partial charge in [-0.05, 0) is 6.07 Å². The van der Waals surface area contributed by atoms with Gasteiger partial charge in [0.15, 0.2) is 0 Å². The molecule has 122 valence electrons. The first-order valence-corrected chi connectivity index (χ1v) is 6.71. The Labute approximate surface area is 129 Å². The predicted molar refractivity (Wildman–Crippen MR) is 69.8 cm³/mol. The lowest BCUT2D eigenvalue weighted by Gasteiger charge is -2.31. The summed E-state index contributed by atoms with van der Waals surface area (Å²) < 4.78 is 38.5. The fraction of sp³-hybridized carbons (Fsp3) is 0.385. The second-order valence-electron chi connectivity index (χ2n) is 4.66. The summed E-state index contributed by atoms with van der Waals surface area (Å²) in [5, 5.41) is 3.70. The molecule has 3 rings (SSSR count). The lowest BCUT2D eigenvalue weighted by molar-refractivity contribution is -0.0528. The van der Waals surface area contributed by atoms with Crippen LogP contribution in [0.4, 0.5) is 8.78 Å². The quantitative estimate of drug-likeness (QED) is 0.836. The maximum Gasteiger partial charge on any atom is 0.388 e. The number of hydrogen-bond donors (Lipinski definition) is 0. The van der Waals surface area contributed by atoms with Gasteiger partial charge < -0.3 is 18.9 Å². The first-order valence-electron chi connectivity index (χ1n) is 6.71. The van der Waals surface area contributed by atoms with Crippen LogP contribution in [0.1, 0.15) is 22.3 Å². The molecule has 3 heterocycles. The zero-order valence-electron chi connectivity index (χ0n) is 11.8. The SMILES string of the molecule is O=C(c1ccc(OC(F)F)nc1)N1CCO[C@H](c2ncon2)C1. The van der Waals surface area contributed by atoms with Gasteiger partial charge >= 0.3 is 6.61 Å². The van der Waals surface area contributed by atoms with Gasteiger partial charge in [-0.2, -0.15) is 13.8 Å². The van der Waals surface area contributed by atoms with Crippen molar-refractivity contribution < 1.29 is 27.6 Å². The van der Waals surface area contributed by atoms with E-state index in [1.807, 2.05) is 0 Å². The monoisotopic (exact) mass is 326 g/mol. The van der Waals surface area contributed by atoms with E-state index < -0.39 is 12.7 Å². The molecule has 1 aliphatic rings. The van der Waals surface area contributed by atoms with Crippen LogP contribution >= 0.6 is 0 Å². The molecule has 0 saturated carbocycles. The average Bonchev–Trinajstić information content (AvgIpc) is 3.09. The van der Waals surface area contributed by atoms with E-state index >= 15 is 0 Å². The fourth-order valence-corrected chi connectivity index (χ4v) is 2.16. The number of alkyl halides is 2. The summed E-state index contributed by atoms with van der Waals surface area (Å²) in [4.78, 5) is 21.6. The lowest BCUT2D eigenvalue weighted by Crippen LogP contribution is -2.42. The molecular formula is C13H12F2N4O4. The fourth-order valence-electron chi connectivity index (χ4n) is 2.16. The average molecular weight is 326 g/mol. The third-order valence-electron chi connectivity index (χ3n) is 3.21. The van der Waals surface area contributed by atoms with E-state index in [0.717, 1.165) is 0 Å². The molecule has 0 aromatic carbocycles. The van der Waals surface area contributed by atoms with Crippen molar-refractivity contribution in [2.45, 2.75) is 12.7 Å². The molecule has 0 unspecified atom stereocenters. The number of amides is 1. The van der Waals surface area contributed by atoms with Crippen LogP contribution in [0.15, 0.2) is 29.2 Å². The summed E-state index contributed by atoms with van der Waals surface area (Å²) in [5.74, 6) is -0.178. The van der Waals surface area contributed by atoms with E-state index in [1.165, 1.54) is 24.7 Å². The van der Waals surface area contributed by atoms with Crippen molar-refractivity contribution in [2.24, 2.45) is 0 Å². The van der Waals surface area contributed by atoms with E-state index in [2.05, 4.69) is 24.4 Å². The highest BCUT2D eigenvalue weighted by molar-refractivity contribution is 5.94. The number of aromatic nitrogens is 3. The van der Waals surface area contributed by atoms with Gasteiger partial charge in [0.1, 0.15) is 6.10 Å². The number of carbonyl (C=O) groups is 1. The Bertz CT molecular complexity index is 651. The van der Waals surface area contributed by atoms with Crippen molar-refractivity contribution in [2.75, 3.05) is 19.7 Å². The normalized spacial score (nSPS) is 18.2. The molecule has 0 bridgehead atoms. The van der Waals surface area contributed by atoms with E-state index in [0.29, 0.717) is 19.0 Å². The topological polar surface area (TPSA) is 90.6 Å². The zero-order chi connectivity index (χ0) is 16.2. The predicted octanol–water partition coefficient (Wildman–Crippen LogP) is 1.28. The Balaban J connectivity index is 1.67. The van der Waals surface area contributed by atoms with Crippen LogP contribution in [0.3, 0.4) is 0 Å². The third-order valence-corrected chi connectivity index (χ3v) is 3.21. The molecular weight excluding hydrogens is 314 g/mol. The molecule has 1 fully saturated rings. The highest BCUT2D eigenvalue weighted by Crippen LogP contribution is 2.21. The molecule has 8 nitrogen and oxygen atoms in total. The molecule has 10 heteroatoms. The van der Waals surface area contributed by atoms with E-state index in [1.54, 1.807) is 4.90 Å². The van der Waals surface area contributed by atoms with Crippen LogP contribution < -0.4 is 4.74 Å². The highest BCUT2D eigenvalue weighted by Gasteiger charge is 2.28. The number of hydrogen-bond acceptors (Lipinski definition) is 7. The number of ether oxygens (including phenoxy) is 2. The Morgan fingerprint density at radius 2 is 2.26 bits per heavy atom.